The average molecular weight is 235 g/mol. The third-order valence-electron chi connectivity index (χ3n) is 2.24. The fourth-order valence-electron chi connectivity index (χ4n) is 1.24. The van der Waals surface area contributed by atoms with Crippen molar-refractivity contribution in [2.45, 2.75) is 32.3 Å². The van der Waals surface area contributed by atoms with Gasteiger partial charge < -0.3 is 5.11 Å². The third kappa shape index (κ3) is 3.43. The van der Waals surface area contributed by atoms with Crippen molar-refractivity contribution < 1.29 is 13.9 Å². The Kier molecular flexibility index (Phi) is 3.68. The van der Waals surface area contributed by atoms with Gasteiger partial charge in [-0.3, -0.25) is 0 Å². The van der Waals surface area contributed by atoms with Gasteiger partial charge in [0.1, 0.15) is 6.10 Å². The quantitative estimate of drug-likeness (QED) is 0.852. The Balaban J connectivity index is 2.78. The molecule has 0 radical (unpaired) electrons. The van der Waals surface area contributed by atoms with Gasteiger partial charge >= 0.3 is 0 Å². The SMILES string of the molecule is Cc1cc(CC(O)C(C)(F)F)ccc1Cl. The largest absolute Gasteiger partial charge is 0.387 e. The number of hydrogen-bond donors (Lipinski definition) is 1. The van der Waals surface area contributed by atoms with Gasteiger partial charge in [-0.2, -0.15) is 0 Å². The maximum Gasteiger partial charge on any atom is 0.271 e. The lowest BCUT2D eigenvalue weighted by molar-refractivity contribution is -0.0921. The molecule has 0 aliphatic rings. The van der Waals surface area contributed by atoms with E-state index in [9.17, 15) is 13.9 Å². The van der Waals surface area contributed by atoms with Gasteiger partial charge in [-0.25, -0.2) is 8.78 Å². The summed E-state index contributed by atoms with van der Waals surface area (Å²) in [6, 6.07) is 4.99. The summed E-state index contributed by atoms with van der Waals surface area (Å²) in [4.78, 5) is 0. The molecule has 0 amide bonds. The number of aliphatic hydroxyl groups is 1. The molecule has 0 bridgehead atoms. The van der Waals surface area contributed by atoms with Gasteiger partial charge in [-0.1, -0.05) is 23.7 Å². The highest BCUT2D eigenvalue weighted by atomic mass is 35.5. The summed E-state index contributed by atoms with van der Waals surface area (Å²) in [5, 5.41) is 9.81. The fourth-order valence-corrected chi connectivity index (χ4v) is 1.35. The fraction of sp³-hybridized carbons (Fsp3) is 0.455. The van der Waals surface area contributed by atoms with Gasteiger partial charge in [0, 0.05) is 18.4 Å². The summed E-state index contributed by atoms with van der Waals surface area (Å²) in [5.41, 5.74) is 1.48. The molecule has 0 fully saturated rings. The Morgan fingerprint density at radius 2 is 2.07 bits per heavy atom. The first-order valence-corrected chi connectivity index (χ1v) is 4.99. The van der Waals surface area contributed by atoms with E-state index in [4.69, 9.17) is 11.6 Å². The number of benzene rings is 1. The van der Waals surface area contributed by atoms with Crippen molar-refractivity contribution in [3.05, 3.63) is 34.3 Å². The van der Waals surface area contributed by atoms with Crippen LogP contribution in [-0.4, -0.2) is 17.1 Å². The molecular formula is C11H13ClF2O. The van der Waals surface area contributed by atoms with E-state index in [1.807, 2.05) is 0 Å². The Morgan fingerprint density at radius 1 is 1.47 bits per heavy atom. The van der Waals surface area contributed by atoms with Gasteiger partial charge in [-0.05, 0) is 24.1 Å². The molecule has 0 aromatic heterocycles. The molecule has 0 heterocycles. The van der Waals surface area contributed by atoms with Crippen molar-refractivity contribution in [1.82, 2.24) is 0 Å². The van der Waals surface area contributed by atoms with Crippen LogP contribution in [0.4, 0.5) is 8.78 Å². The first kappa shape index (κ1) is 12.4. The van der Waals surface area contributed by atoms with Crippen molar-refractivity contribution in [3.63, 3.8) is 0 Å². The lowest BCUT2D eigenvalue weighted by Crippen LogP contribution is -2.31. The minimum atomic E-state index is -3.08. The number of rotatable bonds is 3. The van der Waals surface area contributed by atoms with Crippen molar-refractivity contribution in [2.24, 2.45) is 0 Å². The second-order valence-electron chi connectivity index (χ2n) is 3.76. The van der Waals surface area contributed by atoms with Crippen molar-refractivity contribution >= 4 is 11.6 Å². The molecule has 1 N–H and O–H groups in total. The maximum atomic E-state index is 12.7. The molecule has 0 saturated carbocycles. The van der Waals surface area contributed by atoms with Crippen LogP contribution in [0.2, 0.25) is 5.02 Å². The summed E-state index contributed by atoms with van der Waals surface area (Å²) in [7, 11) is 0. The predicted molar refractivity (Wildman–Crippen MR) is 56.5 cm³/mol. The Hall–Kier alpha value is -0.670. The van der Waals surface area contributed by atoms with Crippen LogP contribution in [-0.2, 0) is 6.42 Å². The standard InChI is InChI=1S/C11H13ClF2O/c1-7-5-8(3-4-9(7)12)6-10(15)11(2,13)14/h3-5,10,15H,6H2,1-2H3. The second kappa shape index (κ2) is 4.45. The number of aliphatic hydroxyl groups excluding tert-OH is 1. The lowest BCUT2D eigenvalue weighted by atomic mass is 10.0. The summed E-state index contributed by atoms with van der Waals surface area (Å²) in [6.07, 6.45) is -1.72. The topological polar surface area (TPSA) is 20.2 Å². The van der Waals surface area contributed by atoms with Crippen molar-refractivity contribution in [3.8, 4) is 0 Å². The van der Waals surface area contributed by atoms with Crippen molar-refractivity contribution in [1.29, 1.82) is 0 Å². The maximum absolute atomic E-state index is 12.7. The second-order valence-corrected chi connectivity index (χ2v) is 4.17. The highest BCUT2D eigenvalue weighted by molar-refractivity contribution is 6.31. The van der Waals surface area contributed by atoms with Gasteiger partial charge in [-0.15, -0.1) is 0 Å². The zero-order valence-electron chi connectivity index (χ0n) is 8.60. The summed E-state index contributed by atoms with van der Waals surface area (Å²) in [5.74, 6) is -3.08. The lowest BCUT2D eigenvalue weighted by Gasteiger charge is -2.18. The number of aryl methyl sites for hydroxylation is 1. The van der Waals surface area contributed by atoms with Crippen LogP contribution >= 0.6 is 11.6 Å². The highest BCUT2D eigenvalue weighted by Gasteiger charge is 2.32. The molecule has 1 atom stereocenters. The molecule has 0 saturated heterocycles. The molecule has 15 heavy (non-hydrogen) atoms. The summed E-state index contributed by atoms with van der Waals surface area (Å²) >= 11 is 5.80. The van der Waals surface area contributed by atoms with Gasteiger partial charge in [0.05, 0.1) is 0 Å². The van der Waals surface area contributed by atoms with E-state index in [0.717, 1.165) is 5.56 Å². The van der Waals surface area contributed by atoms with Gasteiger partial charge in [0.2, 0.25) is 0 Å². The summed E-state index contributed by atoms with van der Waals surface area (Å²) < 4.78 is 25.4. The van der Waals surface area contributed by atoms with Gasteiger partial charge in [0.15, 0.2) is 0 Å². The highest BCUT2D eigenvalue weighted by Crippen LogP contribution is 2.23. The van der Waals surface area contributed by atoms with Crippen LogP contribution in [0.25, 0.3) is 0 Å². The van der Waals surface area contributed by atoms with E-state index < -0.39 is 12.0 Å². The van der Waals surface area contributed by atoms with Crippen LogP contribution in [0, 0.1) is 6.92 Å². The average Bonchev–Trinajstić information content (AvgIpc) is 2.10. The molecule has 1 nitrogen and oxygen atoms in total. The summed E-state index contributed by atoms with van der Waals surface area (Å²) in [6.45, 7) is 2.50. The molecule has 1 aromatic rings. The monoisotopic (exact) mass is 234 g/mol. The van der Waals surface area contributed by atoms with E-state index >= 15 is 0 Å². The first-order valence-electron chi connectivity index (χ1n) is 4.61. The normalized spacial score (nSPS) is 14.0. The van der Waals surface area contributed by atoms with Crippen LogP contribution in [0.5, 0.6) is 0 Å². The molecule has 1 unspecified atom stereocenters. The molecule has 1 rings (SSSR count). The van der Waals surface area contributed by atoms with Gasteiger partial charge in [0.25, 0.3) is 5.92 Å². The molecule has 0 spiro atoms. The molecular weight excluding hydrogens is 222 g/mol. The molecule has 0 aliphatic carbocycles. The molecule has 1 aromatic carbocycles. The third-order valence-corrected chi connectivity index (χ3v) is 2.66. The number of alkyl halides is 2. The zero-order valence-corrected chi connectivity index (χ0v) is 9.35. The first-order chi connectivity index (χ1) is 6.80. The Morgan fingerprint density at radius 3 is 2.53 bits per heavy atom. The van der Waals surface area contributed by atoms with Crippen LogP contribution in [0.15, 0.2) is 18.2 Å². The Bertz CT molecular complexity index is 347. The molecule has 0 aliphatic heterocycles. The number of hydrogen-bond acceptors (Lipinski definition) is 1. The van der Waals surface area contributed by atoms with E-state index in [0.29, 0.717) is 17.5 Å². The van der Waals surface area contributed by atoms with Crippen LogP contribution in [0.3, 0.4) is 0 Å². The Labute approximate surface area is 92.7 Å². The minimum absolute atomic E-state index is 0.0679. The minimum Gasteiger partial charge on any atom is -0.387 e. The number of halogens is 3. The smallest absolute Gasteiger partial charge is 0.271 e. The van der Waals surface area contributed by atoms with Crippen LogP contribution in [0.1, 0.15) is 18.1 Å². The van der Waals surface area contributed by atoms with E-state index in [-0.39, 0.29) is 6.42 Å². The van der Waals surface area contributed by atoms with Crippen molar-refractivity contribution in [2.75, 3.05) is 0 Å². The predicted octanol–water partition coefficient (Wildman–Crippen LogP) is 3.21. The van der Waals surface area contributed by atoms with E-state index in [1.165, 1.54) is 0 Å². The van der Waals surface area contributed by atoms with Crippen LogP contribution < -0.4 is 0 Å². The van der Waals surface area contributed by atoms with E-state index in [2.05, 4.69) is 0 Å². The molecule has 84 valence electrons. The zero-order chi connectivity index (χ0) is 11.6. The van der Waals surface area contributed by atoms with E-state index in [1.54, 1.807) is 25.1 Å². The molecule has 4 heteroatoms.